The molecule has 1 N–H and O–H groups in total. The second kappa shape index (κ2) is 8.28. The summed E-state index contributed by atoms with van der Waals surface area (Å²) in [6.45, 7) is -0.0283. The van der Waals surface area contributed by atoms with Crippen molar-refractivity contribution in [3.8, 4) is 5.75 Å². The van der Waals surface area contributed by atoms with Crippen molar-refractivity contribution < 1.29 is 31.8 Å². The number of esters is 1. The minimum absolute atomic E-state index is 0.00939. The van der Waals surface area contributed by atoms with Gasteiger partial charge in [0.05, 0.1) is 0 Å². The second-order valence-corrected chi connectivity index (χ2v) is 5.08. The number of carbonyl (C=O) groups excluding carboxylic acids is 1. The van der Waals surface area contributed by atoms with E-state index in [-0.39, 0.29) is 12.2 Å². The number of hydrogen-bond acceptors (Lipinski definition) is 4. The summed E-state index contributed by atoms with van der Waals surface area (Å²) in [5.74, 6) is -2.62. The number of carbonyl (C=O) groups is 1. The Hall–Kier alpha value is -3.16. The molecule has 0 aliphatic carbocycles. The van der Waals surface area contributed by atoms with E-state index in [0.717, 1.165) is 29.8 Å². The van der Waals surface area contributed by atoms with Crippen LogP contribution in [0.5, 0.6) is 5.75 Å². The smallest absolute Gasteiger partial charge is 0.456 e. The van der Waals surface area contributed by atoms with Gasteiger partial charge in [-0.05, 0) is 29.3 Å². The minimum atomic E-state index is -4.96. The predicted molar refractivity (Wildman–Crippen MR) is 86.1 cm³/mol. The van der Waals surface area contributed by atoms with Crippen LogP contribution in [0, 0.1) is 11.2 Å². The molecule has 0 aromatic heterocycles. The molecular formula is C18H13F4NO3. The zero-order valence-electron chi connectivity index (χ0n) is 13.2. The van der Waals surface area contributed by atoms with Gasteiger partial charge in [0.15, 0.2) is 0 Å². The number of rotatable bonds is 6. The lowest BCUT2D eigenvalue weighted by molar-refractivity contribution is -0.274. The van der Waals surface area contributed by atoms with Gasteiger partial charge in [0, 0.05) is 6.07 Å². The number of alkyl halides is 3. The zero-order valence-corrected chi connectivity index (χ0v) is 13.2. The molecule has 0 bridgehead atoms. The topological polar surface area (TPSA) is 59.4 Å². The molecule has 0 aliphatic heterocycles. The molecule has 0 spiro atoms. The fourth-order valence-electron chi connectivity index (χ4n) is 1.92. The first-order valence-electron chi connectivity index (χ1n) is 7.27. The first-order valence-corrected chi connectivity index (χ1v) is 7.27. The van der Waals surface area contributed by atoms with E-state index in [9.17, 15) is 22.4 Å². The molecule has 0 heterocycles. The first-order chi connectivity index (χ1) is 12.2. The molecule has 0 atom stereocenters. The summed E-state index contributed by atoms with van der Waals surface area (Å²) in [5.41, 5.74) is 0.185. The summed E-state index contributed by atoms with van der Waals surface area (Å²) in [6.07, 6.45) is -2.85. The Balaban J connectivity index is 1.99. The highest BCUT2D eigenvalue weighted by atomic mass is 19.4. The van der Waals surface area contributed by atoms with E-state index in [2.05, 4.69) is 4.74 Å². The van der Waals surface area contributed by atoms with Crippen LogP contribution in [0.2, 0.25) is 0 Å². The van der Waals surface area contributed by atoms with E-state index >= 15 is 0 Å². The van der Waals surface area contributed by atoms with Crippen LogP contribution in [0.15, 0.2) is 54.6 Å². The van der Waals surface area contributed by atoms with Gasteiger partial charge in [-0.15, -0.1) is 13.2 Å². The van der Waals surface area contributed by atoms with Gasteiger partial charge in [-0.1, -0.05) is 36.4 Å². The Morgan fingerprint density at radius 1 is 1.12 bits per heavy atom. The van der Waals surface area contributed by atoms with Crippen molar-refractivity contribution in [3.05, 3.63) is 71.6 Å². The SMILES string of the molecule is N=C(/C=C/c1cc(F)cc(OC(F)(F)F)c1)C(=O)OCc1ccccc1. The van der Waals surface area contributed by atoms with E-state index in [1.54, 1.807) is 30.3 Å². The van der Waals surface area contributed by atoms with Crippen molar-refractivity contribution in [2.45, 2.75) is 13.0 Å². The van der Waals surface area contributed by atoms with Gasteiger partial charge in [0.25, 0.3) is 0 Å². The lowest BCUT2D eigenvalue weighted by Gasteiger charge is -2.09. The van der Waals surface area contributed by atoms with Crippen LogP contribution in [0.1, 0.15) is 11.1 Å². The number of nitrogens with one attached hydrogen (secondary N) is 1. The number of hydrogen-bond donors (Lipinski definition) is 1. The summed E-state index contributed by atoms with van der Waals surface area (Å²) in [5, 5.41) is 7.59. The van der Waals surface area contributed by atoms with Crippen LogP contribution in [0.4, 0.5) is 17.6 Å². The quantitative estimate of drug-likeness (QED) is 0.465. The standard InChI is InChI=1S/C18H13F4NO3/c19-14-8-13(9-15(10-14)26-18(20,21)22)6-7-16(23)17(24)25-11-12-4-2-1-3-5-12/h1-10,23H,11H2/b7-6+,23-16?. The van der Waals surface area contributed by atoms with Crippen LogP contribution in [0.3, 0.4) is 0 Å². The van der Waals surface area contributed by atoms with Gasteiger partial charge in [-0.25, -0.2) is 9.18 Å². The van der Waals surface area contributed by atoms with E-state index in [4.69, 9.17) is 10.1 Å². The van der Waals surface area contributed by atoms with E-state index in [0.29, 0.717) is 6.07 Å². The molecule has 26 heavy (non-hydrogen) atoms. The maximum atomic E-state index is 13.4. The first kappa shape index (κ1) is 19.2. The van der Waals surface area contributed by atoms with Gasteiger partial charge in [0.1, 0.15) is 23.9 Å². The fourth-order valence-corrected chi connectivity index (χ4v) is 1.92. The minimum Gasteiger partial charge on any atom is -0.456 e. The van der Waals surface area contributed by atoms with Gasteiger partial charge in [0.2, 0.25) is 0 Å². The normalized spacial score (nSPS) is 11.4. The molecule has 0 amide bonds. The predicted octanol–water partition coefficient (Wildman–Crippen LogP) is 4.50. The molecule has 0 fully saturated rings. The Labute approximate surface area is 146 Å². The fraction of sp³-hybridized carbons (Fsp3) is 0.111. The third kappa shape index (κ3) is 6.39. The third-order valence-electron chi connectivity index (χ3n) is 3.00. The molecule has 2 rings (SSSR count). The van der Waals surface area contributed by atoms with Crippen LogP contribution < -0.4 is 4.74 Å². The maximum Gasteiger partial charge on any atom is 0.573 e. The molecular weight excluding hydrogens is 354 g/mol. The van der Waals surface area contributed by atoms with Crippen LogP contribution in [-0.2, 0) is 16.1 Å². The lowest BCUT2D eigenvalue weighted by Crippen LogP contribution is -2.17. The molecule has 0 radical (unpaired) electrons. The summed E-state index contributed by atoms with van der Waals surface area (Å²) >= 11 is 0. The molecule has 0 saturated carbocycles. The summed E-state index contributed by atoms with van der Waals surface area (Å²) in [6, 6.07) is 11.2. The van der Waals surface area contributed by atoms with Crippen molar-refractivity contribution in [1.29, 1.82) is 5.41 Å². The second-order valence-electron chi connectivity index (χ2n) is 5.08. The average Bonchev–Trinajstić information content (AvgIpc) is 2.56. The maximum absolute atomic E-state index is 13.4. The molecule has 4 nitrogen and oxygen atoms in total. The Morgan fingerprint density at radius 2 is 1.81 bits per heavy atom. The van der Waals surface area contributed by atoms with Crippen molar-refractivity contribution in [3.63, 3.8) is 0 Å². The van der Waals surface area contributed by atoms with Crippen LogP contribution >= 0.6 is 0 Å². The molecule has 8 heteroatoms. The molecule has 0 aliphatic rings. The summed E-state index contributed by atoms with van der Waals surface area (Å²) in [4.78, 5) is 11.7. The third-order valence-corrected chi connectivity index (χ3v) is 3.00. The summed E-state index contributed by atoms with van der Waals surface area (Å²) < 4.78 is 58.5. The zero-order chi connectivity index (χ0) is 19.2. The lowest BCUT2D eigenvalue weighted by atomic mass is 10.1. The highest BCUT2D eigenvalue weighted by Gasteiger charge is 2.31. The Kier molecular flexibility index (Phi) is 6.11. The van der Waals surface area contributed by atoms with Crippen LogP contribution in [0.25, 0.3) is 6.08 Å². The van der Waals surface area contributed by atoms with Crippen molar-refractivity contribution in [2.75, 3.05) is 0 Å². The highest BCUT2D eigenvalue weighted by Crippen LogP contribution is 2.25. The molecule has 0 unspecified atom stereocenters. The Morgan fingerprint density at radius 3 is 2.46 bits per heavy atom. The van der Waals surface area contributed by atoms with Crippen LogP contribution in [-0.4, -0.2) is 18.0 Å². The van der Waals surface area contributed by atoms with Gasteiger partial charge < -0.3 is 9.47 Å². The van der Waals surface area contributed by atoms with Gasteiger partial charge in [-0.2, -0.15) is 0 Å². The van der Waals surface area contributed by atoms with Crippen molar-refractivity contribution in [2.24, 2.45) is 0 Å². The largest absolute Gasteiger partial charge is 0.573 e. The van der Waals surface area contributed by atoms with E-state index in [1.165, 1.54) is 0 Å². The molecule has 0 saturated heterocycles. The van der Waals surface area contributed by atoms with Crippen molar-refractivity contribution in [1.82, 2.24) is 0 Å². The number of halogens is 4. The van der Waals surface area contributed by atoms with E-state index < -0.39 is 29.6 Å². The molecule has 136 valence electrons. The number of ether oxygens (including phenoxy) is 2. The average molecular weight is 367 g/mol. The number of benzene rings is 2. The monoisotopic (exact) mass is 367 g/mol. The van der Waals surface area contributed by atoms with Crippen molar-refractivity contribution >= 4 is 17.8 Å². The highest BCUT2D eigenvalue weighted by molar-refractivity contribution is 6.40. The van der Waals surface area contributed by atoms with Gasteiger partial charge >= 0.3 is 12.3 Å². The molecule has 2 aromatic carbocycles. The molecule has 2 aromatic rings. The van der Waals surface area contributed by atoms with E-state index in [1.807, 2.05) is 0 Å². The Bertz CT molecular complexity index is 817. The summed E-state index contributed by atoms with van der Waals surface area (Å²) in [7, 11) is 0. The van der Waals surface area contributed by atoms with Gasteiger partial charge in [-0.3, -0.25) is 5.41 Å².